The lowest BCUT2D eigenvalue weighted by Crippen LogP contribution is -2.46. The molecule has 0 amide bonds. The fraction of sp³-hybridized carbons (Fsp3) is 0.615. The lowest BCUT2D eigenvalue weighted by Gasteiger charge is -2.32. The van der Waals surface area contributed by atoms with Crippen LogP contribution >= 0.6 is 0 Å². The predicted octanol–water partition coefficient (Wildman–Crippen LogP) is 1.52. The van der Waals surface area contributed by atoms with Gasteiger partial charge in [-0.15, -0.1) is 0 Å². The molecule has 1 aromatic heterocycles. The van der Waals surface area contributed by atoms with Crippen molar-refractivity contribution in [1.29, 1.82) is 0 Å². The van der Waals surface area contributed by atoms with Crippen molar-refractivity contribution >= 4 is 0 Å². The summed E-state index contributed by atoms with van der Waals surface area (Å²) >= 11 is 0. The van der Waals surface area contributed by atoms with Gasteiger partial charge in [-0.3, -0.25) is 0 Å². The summed E-state index contributed by atoms with van der Waals surface area (Å²) in [5.41, 5.74) is 1.22. The summed E-state index contributed by atoms with van der Waals surface area (Å²) in [7, 11) is 5.83. The Bertz CT molecular complexity index is 350. The van der Waals surface area contributed by atoms with Crippen molar-refractivity contribution in [3.8, 4) is 5.88 Å². The normalized spacial score (nSPS) is 11.9. The molecular weight excluding hydrogens is 214 g/mol. The van der Waals surface area contributed by atoms with Gasteiger partial charge in [0, 0.05) is 30.4 Å². The van der Waals surface area contributed by atoms with Gasteiger partial charge in [0.1, 0.15) is 0 Å². The maximum Gasteiger partial charge on any atom is 0.217 e. The zero-order valence-corrected chi connectivity index (χ0v) is 11.4. The minimum absolute atomic E-state index is 0.134. The van der Waals surface area contributed by atoms with Gasteiger partial charge in [-0.05, 0) is 34.0 Å². The van der Waals surface area contributed by atoms with Crippen LogP contribution in [0.15, 0.2) is 18.3 Å². The molecule has 4 nitrogen and oxygen atoms in total. The smallest absolute Gasteiger partial charge is 0.217 e. The van der Waals surface area contributed by atoms with Crippen LogP contribution in [-0.4, -0.2) is 43.2 Å². The molecule has 0 spiro atoms. The van der Waals surface area contributed by atoms with E-state index in [1.54, 1.807) is 13.3 Å². The molecule has 0 saturated heterocycles. The Balaban J connectivity index is 2.51. The second kappa shape index (κ2) is 5.98. The average Bonchev–Trinajstić information content (AvgIpc) is 2.29. The van der Waals surface area contributed by atoms with Crippen molar-refractivity contribution in [3.05, 3.63) is 23.9 Å². The summed E-state index contributed by atoms with van der Waals surface area (Å²) in [6.45, 7) is 6.10. The standard InChI is InChI=1S/C13H23N3O/c1-13(2,16(3)4)10-14-9-11-7-6-8-15-12(11)17-5/h6-8,14H,9-10H2,1-5H3. The Labute approximate surface area is 104 Å². The number of hydrogen-bond donors (Lipinski definition) is 1. The minimum atomic E-state index is 0.134. The van der Waals surface area contributed by atoms with Gasteiger partial charge in [0.05, 0.1) is 7.11 Å². The first-order chi connectivity index (χ1) is 7.97. The molecule has 96 valence electrons. The third-order valence-corrected chi connectivity index (χ3v) is 3.13. The van der Waals surface area contributed by atoms with E-state index in [-0.39, 0.29) is 5.54 Å². The van der Waals surface area contributed by atoms with Crippen LogP contribution in [0.2, 0.25) is 0 Å². The molecule has 0 radical (unpaired) electrons. The third kappa shape index (κ3) is 3.98. The van der Waals surface area contributed by atoms with Gasteiger partial charge in [-0.2, -0.15) is 0 Å². The Morgan fingerprint density at radius 3 is 2.71 bits per heavy atom. The Morgan fingerprint density at radius 1 is 1.41 bits per heavy atom. The van der Waals surface area contributed by atoms with Gasteiger partial charge in [-0.1, -0.05) is 6.07 Å². The van der Waals surface area contributed by atoms with E-state index in [2.05, 4.69) is 43.1 Å². The van der Waals surface area contributed by atoms with Gasteiger partial charge in [-0.25, -0.2) is 4.98 Å². The number of methoxy groups -OCH3 is 1. The number of hydrogen-bond acceptors (Lipinski definition) is 4. The predicted molar refractivity (Wildman–Crippen MR) is 70.3 cm³/mol. The van der Waals surface area contributed by atoms with Crippen LogP contribution in [-0.2, 0) is 6.54 Å². The van der Waals surface area contributed by atoms with Crippen LogP contribution in [0.5, 0.6) is 5.88 Å². The summed E-state index contributed by atoms with van der Waals surface area (Å²) in [5, 5.41) is 3.44. The van der Waals surface area contributed by atoms with Crippen molar-refractivity contribution in [3.63, 3.8) is 0 Å². The van der Waals surface area contributed by atoms with Crippen molar-refractivity contribution in [2.45, 2.75) is 25.9 Å². The van der Waals surface area contributed by atoms with Gasteiger partial charge in [0.25, 0.3) is 0 Å². The highest BCUT2D eigenvalue weighted by molar-refractivity contribution is 5.25. The molecule has 1 heterocycles. The number of nitrogens with one attached hydrogen (secondary N) is 1. The Morgan fingerprint density at radius 2 is 2.12 bits per heavy atom. The number of ether oxygens (including phenoxy) is 1. The minimum Gasteiger partial charge on any atom is -0.481 e. The largest absolute Gasteiger partial charge is 0.481 e. The van der Waals surface area contributed by atoms with Crippen LogP contribution < -0.4 is 10.1 Å². The molecule has 0 bridgehead atoms. The zero-order valence-electron chi connectivity index (χ0n) is 11.4. The fourth-order valence-corrected chi connectivity index (χ4v) is 1.40. The Hall–Kier alpha value is -1.13. The number of aromatic nitrogens is 1. The van der Waals surface area contributed by atoms with Crippen LogP contribution in [0.1, 0.15) is 19.4 Å². The van der Waals surface area contributed by atoms with Crippen molar-refractivity contribution in [2.24, 2.45) is 0 Å². The summed E-state index contributed by atoms with van der Waals surface area (Å²) in [6, 6.07) is 3.96. The molecule has 0 saturated carbocycles. The van der Waals surface area contributed by atoms with Crippen LogP contribution in [0.4, 0.5) is 0 Å². The van der Waals surface area contributed by atoms with Crippen LogP contribution in [0.25, 0.3) is 0 Å². The third-order valence-electron chi connectivity index (χ3n) is 3.13. The summed E-state index contributed by atoms with van der Waals surface area (Å²) in [4.78, 5) is 6.38. The molecule has 0 fully saturated rings. The maximum absolute atomic E-state index is 5.21. The number of likely N-dealkylation sites (N-methyl/N-ethyl adjacent to an activating group) is 1. The van der Waals surface area contributed by atoms with Crippen molar-refractivity contribution < 1.29 is 4.74 Å². The SMILES string of the molecule is COc1ncccc1CNCC(C)(C)N(C)C. The molecule has 0 aliphatic carbocycles. The summed E-state index contributed by atoms with van der Waals surface area (Å²) in [5.74, 6) is 0.697. The lowest BCUT2D eigenvalue weighted by molar-refractivity contribution is 0.189. The molecule has 4 heteroatoms. The van der Waals surface area contributed by atoms with E-state index in [0.717, 1.165) is 18.7 Å². The fourth-order valence-electron chi connectivity index (χ4n) is 1.40. The lowest BCUT2D eigenvalue weighted by atomic mass is 10.0. The van der Waals surface area contributed by atoms with Gasteiger partial charge >= 0.3 is 0 Å². The highest BCUT2D eigenvalue weighted by Crippen LogP contribution is 2.14. The van der Waals surface area contributed by atoms with E-state index < -0.39 is 0 Å². The first-order valence-electron chi connectivity index (χ1n) is 5.83. The average molecular weight is 237 g/mol. The first kappa shape index (κ1) is 13.9. The van der Waals surface area contributed by atoms with Crippen molar-refractivity contribution in [1.82, 2.24) is 15.2 Å². The van der Waals surface area contributed by atoms with E-state index in [0.29, 0.717) is 5.88 Å². The second-order valence-corrected chi connectivity index (χ2v) is 4.98. The van der Waals surface area contributed by atoms with E-state index in [4.69, 9.17) is 4.74 Å². The molecule has 0 atom stereocenters. The van der Waals surface area contributed by atoms with Gasteiger partial charge < -0.3 is 15.0 Å². The van der Waals surface area contributed by atoms with Gasteiger partial charge in [0.2, 0.25) is 5.88 Å². The molecule has 0 unspecified atom stereocenters. The van der Waals surface area contributed by atoms with Gasteiger partial charge in [0.15, 0.2) is 0 Å². The summed E-state index contributed by atoms with van der Waals surface area (Å²) < 4.78 is 5.21. The number of pyridine rings is 1. The van der Waals surface area contributed by atoms with Crippen LogP contribution in [0, 0.1) is 0 Å². The highest BCUT2D eigenvalue weighted by Gasteiger charge is 2.19. The zero-order chi connectivity index (χ0) is 12.9. The van der Waals surface area contributed by atoms with Crippen molar-refractivity contribution in [2.75, 3.05) is 27.7 Å². The molecule has 0 aliphatic rings. The molecule has 17 heavy (non-hydrogen) atoms. The first-order valence-corrected chi connectivity index (χ1v) is 5.83. The Kier molecular flexibility index (Phi) is 4.90. The second-order valence-electron chi connectivity index (χ2n) is 4.98. The molecule has 1 N–H and O–H groups in total. The molecule has 1 aromatic rings. The van der Waals surface area contributed by atoms with E-state index in [1.807, 2.05) is 12.1 Å². The molecule has 0 aliphatic heterocycles. The topological polar surface area (TPSA) is 37.4 Å². The van der Waals surface area contributed by atoms with E-state index >= 15 is 0 Å². The molecule has 1 rings (SSSR count). The van der Waals surface area contributed by atoms with Crippen LogP contribution in [0.3, 0.4) is 0 Å². The highest BCUT2D eigenvalue weighted by atomic mass is 16.5. The number of rotatable bonds is 6. The number of nitrogens with zero attached hydrogens (tertiary/aromatic N) is 2. The molecular formula is C13H23N3O. The summed E-state index contributed by atoms with van der Waals surface area (Å²) in [6.07, 6.45) is 1.74. The van der Waals surface area contributed by atoms with E-state index in [9.17, 15) is 0 Å². The monoisotopic (exact) mass is 237 g/mol. The maximum atomic E-state index is 5.21. The van der Waals surface area contributed by atoms with E-state index in [1.165, 1.54) is 0 Å². The molecule has 0 aromatic carbocycles. The quantitative estimate of drug-likeness (QED) is 0.814.